The van der Waals surface area contributed by atoms with E-state index in [1.54, 1.807) is 18.2 Å². The summed E-state index contributed by atoms with van der Waals surface area (Å²) in [6, 6.07) is 6.33. The third-order valence-corrected chi connectivity index (χ3v) is 1.18. The Morgan fingerprint density at radius 1 is 1.67 bits per heavy atom. The first-order valence-electron chi connectivity index (χ1n) is 2.96. The molecule has 0 aliphatic heterocycles. The highest BCUT2D eigenvalue weighted by Crippen LogP contribution is 2.08. The van der Waals surface area contributed by atoms with Crippen LogP contribution in [-0.2, 0) is 0 Å². The quantitative estimate of drug-likeness (QED) is 0.548. The summed E-state index contributed by atoms with van der Waals surface area (Å²) in [7, 11) is 0. The number of aldehydes is 1. The first-order chi connectivity index (χ1) is 4.70. The topological polar surface area (TPSA) is 17.1 Å². The molecule has 0 saturated carbocycles. The summed E-state index contributed by atoms with van der Waals surface area (Å²) in [6.45, 7) is 0. The van der Waals surface area contributed by atoms with Gasteiger partial charge in [-0.05, 0) is 12.1 Å². The maximum atomic E-state index is 10.4. The van der Waals surface area contributed by atoms with Crippen LogP contribution in [0.15, 0.2) is 24.3 Å². The zero-order chi connectivity index (χ0) is 7.56. The second-order valence-corrected chi connectivity index (χ2v) is 2.05. The lowest BCUT2D eigenvalue weighted by molar-refractivity contribution is 0.112. The van der Waals surface area contributed by atoms with Crippen molar-refractivity contribution in [2.45, 2.75) is 0 Å². The molecule has 1 rings (SSSR count). The number of carbonyl (C=O) groups is 1. The SMILES string of the molecule is [2H]C(=O)c1cccc(Cl)c1. The Morgan fingerprint density at radius 3 is 2.89 bits per heavy atom. The van der Waals surface area contributed by atoms with Gasteiger partial charge in [-0.1, -0.05) is 23.7 Å². The van der Waals surface area contributed by atoms with Gasteiger partial charge in [0.2, 0.25) is 0 Å². The minimum absolute atomic E-state index is 0.326. The summed E-state index contributed by atoms with van der Waals surface area (Å²) >= 11 is 5.55. The van der Waals surface area contributed by atoms with Crippen molar-refractivity contribution in [1.29, 1.82) is 0 Å². The van der Waals surface area contributed by atoms with E-state index in [-0.39, 0.29) is 0 Å². The van der Waals surface area contributed by atoms with Gasteiger partial charge in [-0.3, -0.25) is 4.79 Å². The van der Waals surface area contributed by atoms with Crippen molar-refractivity contribution < 1.29 is 6.17 Å². The van der Waals surface area contributed by atoms with Gasteiger partial charge in [-0.25, -0.2) is 0 Å². The normalized spacial score (nSPS) is 10.6. The Bertz CT molecular complexity index is 260. The number of hydrogen-bond donors (Lipinski definition) is 0. The number of rotatable bonds is 1. The van der Waals surface area contributed by atoms with Gasteiger partial charge in [0.1, 0.15) is 7.63 Å². The Kier molecular flexibility index (Phi) is 1.47. The molecule has 1 aromatic rings. The molecule has 0 N–H and O–H groups in total. The summed E-state index contributed by atoms with van der Waals surface area (Å²) in [5.41, 5.74) is 0.326. The first kappa shape index (κ1) is 5.00. The zero-order valence-electron chi connectivity index (χ0n) is 5.60. The van der Waals surface area contributed by atoms with Crippen molar-refractivity contribution in [2.75, 3.05) is 0 Å². The highest BCUT2D eigenvalue weighted by atomic mass is 35.5. The second kappa shape index (κ2) is 2.65. The molecule has 0 unspecified atom stereocenters. The van der Waals surface area contributed by atoms with E-state index < -0.39 is 6.26 Å². The van der Waals surface area contributed by atoms with Crippen LogP contribution in [0.25, 0.3) is 0 Å². The minimum Gasteiger partial charge on any atom is -0.298 e. The van der Waals surface area contributed by atoms with Crippen LogP contribution in [0.1, 0.15) is 11.7 Å². The highest BCUT2D eigenvalue weighted by molar-refractivity contribution is 6.30. The van der Waals surface area contributed by atoms with Gasteiger partial charge in [-0.2, -0.15) is 0 Å². The van der Waals surface area contributed by atoms with Gasteiger partial charge in [0.25, 0.3) is 0 Å². The molecule has 0 aromatic heterocycles. The van der Waals surface area contributed by atoms with E-state index in [0.29, 0.717) is 10.6 Å². The molecule has 0 aliphatic rings. The smallest absolute Gasteiger partial charge is 0.150 e. The Labute approximate surface area is 59.7 Å². The van der Waals surface area contributed by atoms with Crippen LogP contribution in [-0.4, -0.2) is 6.26 Å². The van der Waals surface area contributed by atoms with Crippen LogP contribution in [0.4, 0.5) is 0 Å². The standard InChI is InChI=1S/C7H5ClO/c8-7-3-1-2-6(4-7)5-9/h1-5H/i5D. The van der Waals surface area contributed by atoms with Crippen molar-refractivity contribution in [3.63, 3.8) is 0 Å². The van der Waals surface area contributed by atoms with Gasteiger partial charge >= 0.3 is 0 Å². The number of benzene rings is 1. The highest BCUT2D eigenvalue weighted by Gasteiger charge is 1.87. The predicted octanol–water partition coefficient (Wildman–Crippen LogP) is 2.15. The Hall–Kier alpha value is -0.820. The lowest BCUT2D eigenvalue weighted by Gasteiger charge is -1.88. The average molecular weight is 142 g/mol. The van der Waals surface area contributed by atoms with Gasteiger partial charge in [0, 0.05) is 10.6 Å². The molecule has 0 aliphatic carbocycles. The lowest BCUT2D eigenvalue weighted by atomic mass is 10.2. The van der Waals surface area contributed by atoms with Gasteiger partial charge in [-0.15, -0.1) is 0 Å². The van der Waals surface area contributed by atoms with Gasteiger partial charge in [0.15, 0.2) is 0 Å². The van der Waals surface area contributed by atoms with Gasteiger partial charge in [0.05, 0.1) is 0 Å². The van der Waals surface area contributed by atoms with Crippen LogP contribution in [0.2, 0.25) is 5.02 Å². The molecule has 1 aromatic carbocycles. The molecule has 0 fully saturated rings. The molecule has 0 amide bonds. The van der Waals surface area contributed by atoms with E-state index in [1.165, 1.54) is 6.07 Å². The summed E-state index contributed by atoms with van der Waals surface area (Å²) in [5, 5.41) is 0.484. The lowest BCUT2D eigenvalue weighted by Crippen LogP contribution is -1.75. The van der Waals surface area contributed by atoms with Crippen molar-refractivity contribution in [3.8, 4) is 0 Å². The molecular weight excluding hydrogens is 136 g/mol. The molecule has 0 bridgehead atoms. The van der Waals surface area contributed by atoms with Crippen molar-refractivity contribution in [3.05, 3.63) is 34.9 Å². The molecule has 0 saturated heterocycles. The van der Waals surface area contributed by atoms with E-state index >= 15 is 0 Å². The first-order valence-corrected chi connectivity index (χ1v) is 2.84. The molecule has 0 atom stereocenters. The molecule has 2 heteroatoms. The fourth-order valence-corrected chi connectivity index (χ4v) is 0.742. The molecule has 0 spiro atoms. The van der Waals surface area contributed by atoms with E-state index in [4.69, 9.17) is 13.0 Å². The second-order valence-electron chi connectivity index (χ2n) is 1.61. The summed E-state index contributed by atoms with van der Waals surface area (Å²) in [5.74, 6) is 0. The summed E-state index contributed by atoms with van der Waals surface area (Å²) < 4.78 is 6.72. The molecule has 0 radical (unpaired) electrons. The van der Waals surface area contributed by atoms with E-state index in [1.807, 2.05) is 0 Å². The minimum atomic E-state index is -0.706. The molecular formula is C7H5ClO. The van der Waals surface area contributed by atoms with E-state index in [2.05, 4.69) is 0 Å². The summed E-state index contributed by atoms with van der Waals surface area (Å²) in [4.78, 5) is 10.4. The molecule has 0 heterocycles. The predicted molar refractivity (Wildman–Crippen MR) is 36.8 cm³/mol. The third-order valence-electron chi connectivity index (χ3n) is 0.942. The van der Waals surface area contributed by atoms with Crippen LogP contribution >= 0.6 is 11.6 Å². The number of halogens is 1. The summed E-state index contributed by atoms with van der Waals surface area (Å²) in [6.07, 6.45) is -0.706. The third kappa shape index (κ3) is 1.54. The van der Waals surface area contributed by atoms with Gasteiger partial charge < -0.3 is 0 Å². The molecule has 9 heavy (non-hydrogen) atoms. The van der Waals surface area contributed by atoms with Crippen molar-refractivity contribution >= 4 is 17.9 Å². The van der Waals surface area contributed by atoms with Crippen molar-refractivity contribution in [2.24, 2.45) is 0 Å². The fraction of sp³-hybridized carbons (Fsp3) is 0. The maximum absolute atomic E-state index is 10.4. The Morgan fingerprint density at radius 2 is 2.44 bits per heavy atom. The zero-order valence-corrected chi connectivity index (χ0v) is 5.35. The fourth-order valence-electron chi connectivity index (χ4n) is 0.552. The van der Waals surface area contributed by atoms with Crippen LogP contribution < -0.4 is 0 Å². The van der Waals surface area contributed by atoms with E-state index in [0.717, 1.165) is 0 Å². The van der Waals surface area contributed by atoms with Crippen LogP contribution in [0.5, 0.6) is 0 Å². The monoisotopic (exact) mass is 141 g/mol. The largest absolute Gasteiger partial charge is 0.298 e. The molecule has 1 nitrogen and oxygen atoms in total. The van der Waals surface area contributed by atoms with Crippen LogP contribution in [0, 0.1) is 0 Å². The van der Waals surface area contributed by atoms with Crippen molar-refractivity contribution in [1.82, 2.24) is 0 Å². The molecule has 46 valence electrons. The van der Waals surface area contributed by atoms with E-state index in [9.17, 15) is 4.79 Å². The Balaban J connectivity index is 3.07. The number of hydrogen-bond acceptors (Lipinski definition) is 1. The average Bonchev–Trinajstić information content (AvgIpc) is 1.88. The van der Waals surface area contributed by atoms with Crippen LogP contribution in [0.3, 0.4) is 0 Å². The maximum Gasteiger partial charge on any atom is 0.150 e. The number of carbonyl (C=O) groups excluding carboxylic acids is 1.